The number of aromatic nitrogens is 3. The summed E-state index contributed by atoms with van der Waals surface area (Å²) < 4.78 is 34.6. The van der Waals surface area contributed by atoms with Crippen molar-refractivity contribution in [2.75, 3.05) is 0 Å². The molecule has 1 aromatic carbocycles. The van der Waals surface area contributed by atoms with Crippen LogP contribution in [0.5, 0.6) is 0 Å². The molecule has 1 aromatic heterocycles. The minimum absolute atomic E-state index is 0.272. The van der Waals surface area contributed by atoms with Crippen molar-refractivity contribution in [2.24, 2.45) is 5.41 Å². The topological polar surface area (TPSA) is 77.2 Å². The molecule has 0 aliphatic carbocycles. The van der Waals surface area contributed by atoms with Gasteiger partial charge in [-0.05, 0) is 33.8 Å². The minimum atomic E-state index is -2.04. The van der Waals surface area contributed by atoms with Gasteiger partial charge in [0.1, 0.15) is 24.4 Å². The lowest BCUT2D eigenvalue weighted by atomic mass is 9.87. The summed E-state index contributed by atoms with van der Waals surface area (Å²) in [6, 6.07) is 3.47. The van der Waals surface area contributed by atoms with E-state index in [1.165, 1.54) is 36.4 Å². The second-order valence-electron chi connectivity index (χ2n) is 6.92. The third-order valence-electron chi connectivity index (χ3n) is 3.86. The van der Waals surface area contributed by atoms with Crippen LogP contribution < -0.4 is 0 Å². The SMILES string of the molecule is C[C@@H](OC(=O)C(C)(C)C)[C@](O)(Cn1cncn1)c1cccc(F)c1F. The van der Waals surface area contributed by atoms with Gasteiger partial charge in [0.25, 0.3) is 0 Å². The van der Waals surface area contributed by atoms with Crippen molar-refractivity contribution >= 4 is 5.97 Å². The molecule has 25 heavy (non-hydrogen) atoms. The molecule has 0 radical (unpaired) electrons. The van der Waals surface area contributed by atoms with E-state index in [1.807, 2.05) is 0 Å². The van der Waals surface area contributed by atoms with Gasteiger partial charge in [0.05, 0.1) is 12.0 Å². The number of nitrogens with zero attached hydrogens (tertiary/aromatic N) is 3. The van der Waals surface area contributed by atoms with Crippen molar-refractivity contribution < 1.29 is 23.4 Å². The molecule has 0 fully saturated rings. The lowest BCUT2D eigenvalue weighted by Gasteiger charge is -2.35. The average molecular weight is 353 g/mol. The smallest absolute Gasteiger partial charge is 0.311 e. The summed E-state index contributed by atoms with van der Waals surface area (Å²) >= 11 is 0. The maximum Gasteiger partial charge on any atom is 0.311 e. The first kappa shape index (κ1) is 19.0. The summed E-state index contributed by atoms with van der Waals surface area (Å²) in [6.07, 6.45) is 1.40. The molecule has 1 N–H and O–H groups in total. The largest absolute Gasteiger partial charge is 0.459 e. The molecule has 0 saturated heterocycles. The van der Waals surface area contributed by atoms with E-state index in [0.717, 1.165) is 6.07 Å². The van der Waals surface area contributed by atoms with Crippen LogP contribution in [0, 0.1) is 17.0 Å². The van der Waals surface area contributed by atoms with Gasteiger partial charge in [-0.25, -0.2) is 18.4 Å². The fourth-order valence-electron chi connectivity index (χ4n) is 2.27. The van der Waals surface area contributed by atoms with E-state index in [1.54, 1.807) is 20.8 Å². The van der Waals surface area contributed by atoms with Crippen LogP contribution in [0.1, 0.15) is 33.3 Å². The molecule has 1 heterocycles. The third-order valence-corrected chi connectivity index (χ3v) is 3.86. The zero-order chi connectivity index (χ0) is 18.8. The summed E-state index contributed by atoms with van der Waals surface area (Å²) in [6.45, 7) is 6.11. The van der Waals surface area contributed by atoms with Crippen molar-refractivity contribution in [3.63, 3.8) is 0 Å². The predicted octanol–water partition coefficient (Wildman–Crippen LogP) is 2.42. The van der Waals surface area contributed by atoms with Crippen LogP contribution >= 0.6 is 0 Å². The number of benzene rings is 1. The lowest BCUT2D eigenvalue weighted by molar-refractivity contribution is -0.176. The van der Waals surface area contributed by atoms with E-state index in [0.29, 0.717) is 0 Å². The molecule has 2 atom stereocenters. The highest BCUT2D eigenvalue weighted by molar-refractivity contribution is 5.75. The monoisotopic (exact) mass is 353 g/mol. The first-order valence-electron chi connectivity index (χ1n) is 7.76. The molecule has 0 amide bonds. The maximum atomic E-state index is 14.3. The van der Waals surface area contributed by atoms with E-state index in [-0.39, 0.29) is 12.1 Å². The fraction of sp³-hybridized carbons (Fsp3) is 0.471. The first-order chi connectivity index (χ1) is 11.6. The number of halogens is 2. The number of aliphatic hydroxyl groups is 1. The van der Waals surface area contributed by atoms with E-state index in [4.69, 9.17) is 4.74 Å². The molecule has 8 heteroatoms. The summed E-state index contributed by atoms with van der Waals surface area (Å²) in [5.41, 5.74) is -3.18. The van der Waals surface area contributed by atoms with Gasteiger partial charge in [-0.1, -0.05) is 12.1 Å². The predicted molar refractivity (Wildman–Crippen MR) is 85.3 cm³/mol. The molecular formula is C17H21F2N3O3. The van der Waals surface area contributed by atoms with Crippen LogP contribution in [0.25, 0.3) is 0 Å². The van der Waals surface area contributed by atoms with Crippen LogP contribution in [0.15, 0.2) is 30.9 Å². The molecule has 6 nitrogen and oxygen atoms in total. The number of hydrogen-bond acceptors (Lipinski definition) is 5. The Labute approximate surface area is 144 Å². The van der Waals surface area contributed by atoms with Gasteiger partial charge in [-0.15, -0.1) is 0 Å². The molecule has 0 spiro atoms. The maximum absolute atomic E-state index is 14.3. The Morgan fingerprint density at radius 1 is 1.36 bits per heavy atom. The van der Waals surface area contributed by atoms with E-state index >= 15 is 0 Å². The molecule has 0 aliphatic rings. The number of carbonyl (C=O) groups is 1. The van der Waals surface area contributed by atoms with Crippen LogP contribution in [0.3, 0.4) is 0 Å². The molecular weight excluding hydrogens is 332 g/mol. The molecule has 0 saturated carbocycles. The van der Waals surface area contributed by atoms with E-state index < -0.39 is 34.7 Å². The Morgan fingerprint density at radius 2 is 2.04 bits per heavy atom. The molecule has 0 aliphatic heterocycles. The van der Waals surface area contributed by atoms with E-state index in [2.05, 4.69) is 10.1 Å². The first-order valence-corrected chi connectivity index (χ1v) is 7.76. The zero-order valence-corrected chi connectivity index (χ0v) is 14.5. The molecule has 2 rings (SSSR count). The zero-order valence-electron chi connectivity index (χ0n) is 14.5. The Morgan fingerprint density at radius 3 is 2.60 bits per heavy atom. The normalized spacial score (nSPS) is 15.5. The minimum Gasteiger partial charge on any atom is -0.459 e. The highest BCUT2D eigenvalue weighted by Gasteiger charge is 2.43. The van der Waals surface area contributed by atoms with Gasteiger partial charge in [-0.2, -0.15) is 5.10 Å². The number of ether oxygens (including phenoxy) is 1. The average Bonchev–Trinajstić information content (AvgIpc) is 3.01. The molecule has 0 unspecified atom stereocenters. The standard InChI is InChI=1S/C17H21F2N3O3/c1-11(25-15(23)16(2,3)4)17(24,8-22-10-20-9-21-22)12-6-5-7-13(18)14(12)19/h5-7,9-11,24H,8H2,1-4H3/t11-,17-/m1/s1. The number of rotatable bonds is 5. The van der Waals surface area contributed by atoms with E-state index in [9.17, 15) is 18.7 Å². The van der Waals surface area contributed by atoms with Gasteiger partial charge in [-0.3, -0.25) is 4.79 Å². The third kappa shape index (κ3) is 4.01. The van der Waals surface area contributed by atoms with Gasteiger partial charge in [0.2, 0.25) is 0 Å². The summed E-state index contributed by atoms with van der Waals surface area (Å²) in [5, 5.41) is 15.0. The molecule has 136 valence electrons. The number of carbonyl (C=O) groups excluding carboxylic acids is 1. The van der Waals surface area contributed by atoms with Crippen molar-refractivity contribution in [3.8, 4) is 0 Å². The summed E-state index contributed by atoms with van der Waals surface area (Å²) in [7, 11) is 0. The van der Waals surface area contributed by atoms with Crippen molar-refractivity contribution in [1.82, 2.24) is 14.8 Å². The highest BCUT2D eigenvalue weighted by Crippen LogP contribution is 2.33. The Balaban J connectivity index is 2.45. The highest BCUT2D eigenvalue weighted by atomic mass is 19.2. The Kier molecular flexibility index (Phi) is 5.22. The second kappa shape index (κ2) is 6.87. The quantitative estimate of drug-likeness (QED) is 0.836. The van der Waals surface area contributed by atoms with Crippen LogP contribution in [-0.2, 0) is 21.7 Å². The van der Waals surface area contributed by atoms with Crippen molar-refractivity contribution in [2.45, 2.75) is 45.9 Å². The molecule has 0 bridgehead atoms. The van der Waals surface area contributed by atoms with Gasteiger partial charge >= 0.3 is 5.97 Å². The van der Waals surface area contributed by atoms with Crippen LogP contribution in [-0.4, -0.2) is 31.9 Å². The second-order valence-corrected chi connectivity index (χ2v) is 6.92. The van der Waals surface area contributed by atoms with Crippen LogP contribution in [0.2, 0.25) is 0 Å². The van der Waals surface area contributed by atoms with Gasteiger partial charge in [0, 0.05) is 5.56 Å². The van der Waals surface area contributed by atoms with Crippen LogP contribution in [0.4, 0.5) is 8.78 Å². The summed E-state index contributed by atoms with van der Waals surface area (Å²) in [4.78, 5) is 15.9. The Bertz CT molecular complexity index is 744. The van der Waals surface area contributed by atoms with Gasteiger partial charge < -0.3 is 9.84 Å². The number of esters is 1. The van der Waals surface area contributed by atoms with Crippen molar-refractivity contribution in [1.29, 1.82) is 0 Å². The molecule has 2 aromatic rings. The fourth-order valence-corrected chi connectivity index (χ4v) is 2.27. The van der Waals surface area contributed by atoms with Gasteiger partial charge in [0.15, 0.2) is 11.6 Å². The Hall–Kier alpha value is -2.35. The summed E-state index contributed by atoms with van der Waals surface area (Å²) in [5.74, 6) is -2.89. The number of hydrogen-bond donors (Lipinski definition) is 1. The van der Waals surface area contributed by atoms with Crippen molar-refractivity contribution in [3.05, 3.63) is 48.1 Å². The lowest BCUT2D eigenvalue weighted by Crippen LogP contribution is -2.46.